The molecule has 0 aromatic heterocycles. The minimum atomic E-state index is -0.424. The monoisotopic (exact) mass is 328 g/mol. The van der Waals surface area contributed by atoms with Crippen molar-refractivity contribution < 1.29 is 9.13 Å². The van der Waals surface area contributed by atoms with Crippen LogP contribution in [0, 0.1) is 5.82 Å². The molecule has 2 aromatic rings. The second kappa shape index (κ2) is 7.09. The quantitative estimate of drug-likeness (QED) is 0.646. The van der Waals surface area contributed by atoms with E-state index in [1.165, 1.54) is 13.2 Å². The molecule has 3 N–H and O–H groups in total. The summed E-state index contributed by atoms with van der Waals surface area (Å²) in [5, 5.41) is 1.13. The summed E-state index contributed by atoms with van der Waals surface area (Å²) in [6.07, 6.45) is 0.416. The Labute approximate surface area is 132 Å². The number of rotatable bonds is 5. The molecule has 0 bridgehead atoms. The summed E-state index contributed by atoms with van der Waals surface area (Å²) in [7, 11) is 1.48. The van der Waals surface area contributed by atoms with Gasteiger partial charge in [0.1, 0.15) is 11.6 Å². The van der Waals surface area contributed by atoms with Gasteiger partial charge in [-0.05, 0) is 36.2 Å². The molecule has 1 unspecified atom stereocenters. The van der Waals surface area contributed by atoms with Crippen molar-refractivity contribution in [1.29, 1.82) is 0 Å². The van der Waals surface area contributed by atoms with Crippen molar-refractivity contribution in [2.45, 2.75) is 12.5 Å². The molecule has 1 atom stereocenters. The topological polar surface area (TPSA) is 47.3 Å². The zero-order valence-electron chi connectivity index (χ0n) is 11.4. The summed E-state index contributed by atoms with van der Waals surface area (Å²) in [4.78, 5) is 0. The van der Waals surface area contributed by atoms with Crippen LogP contribution in [0.4, 0.5) is 4.39 Å². The molecule has 3 nitrogen and oxygen atoms in total. The van der Waals surface area contributed by atoms with E-state index < -0.39 is 11.9 Å². The maximum absolute atomic E-state index is 14.1. The predicted molar refractivity (Wildman–Crippen MR) is 83.2 cm³/mol. The highest BCUT2D eigenvalue weighted by atomic mass is 35.5. The van der Waals surface area contributed by atoms with Crippen LogP contribution in [-0.2, 0) is 6.42 Å². The highest BCUT2D eigenvalue weighted by Crippen LogP contribution is 2.28. The minimum Gasteiger partial charge on any atom is -0.497 e. The molecular weight excluding hydrogens is 314 g/mol. The number of methoxy groups -OCH3 is 1. The number of hydrogen-bond acceptors (Lipinski definition) is 3. The lowest BCUT2D eigenvalue weighted by molar-refractivity contribution is 0.409. The number of nitrogens with two attached hydrogens (primary N) is 1. The van der Waals surface area contributed by atoms with Gasteiger partial charge in [0, 0.05) is 21.7 Å². The Morgan fingerprint density at radius 1 is 1.24 bits per heavy atom. The number of benzene rings is 2. The minimum absolute atomic E-state index is 0.393. The van der Waals surface area contributed by atoms with Gasteiger partial charge < -0.3 is 4.74 Å². The molecule has 0 saturated carbocycles. The van der Waals surface area contributed by atoms with E-state index in [-0.39, 0.29) is 0 Å². The average Bonchev–Trinajstić information content (AvgIpc) is 2.48. The highest BCUT2D eigenvalue weighted by molar-refractivity contribution is 6.33. The average molecular weight is 329 g/mol. The molecule has 6 heteroatoms. The molecule has 0 amide bonds. The standard InChI is InChI=1S/C15H15Cl2FN2O/c1-21-11-3-4-12(14(18)8-11)15(20-19)7-9-6-10(16)2-5-13(9)17/h2-6,8,15,20H,7,19H2,1H3. The van der Waals surface area contributed by atoms with Crippen LogP contribution in [0.1, 0.15) is 17.2 Å². The first-order valence-electron chi connectivity index (χ1n) is 6.28. The third-order valence-electron chi connectivity index (χ3n) is 3.22. The van der Waals surface area contributed by atoms with Gasteiger partial charge in [-0.25, -0.2) is 4.39 Å². The van der Waals surface area contributed by atoms with Crippen molar-refractivity contribution in [3.8, 4) is 5.75 Å². The zero-order chi connectivity index (χ0) is 15.4. The molecular formula is C15H15Cl2FN2O. The fraction of sp³-hybridized carbons (Fsp3) is 0.200. The van der Waals surface area contributed by atoms with Crippen molar-refractivity contribution in [3.05, 3.63) is 63.4 Å². The summed E-state index contributed by atoms with van der Waals surface area (Å²) in [6.45, 7) is 0. The van der Waals surface area contributed by atoms with Crippen LogP contribution in [0.5, 0.6) is 5.75 Å². The molecule has 2 aromatic carbocycles. The molecule has 0 saturated heterocycles. The van der Waals surface area contributed by atoms with Crippen LogP contribution in [0.3, 0.4) is 0 Å². The maximum Gasteiger partial charge on any atom is 0.131 e. The lowest BCUT2D eigenvalue weighted by atomic mass is 9.98. The van der Waals surface area contributed by atoms with E-state index in [1.807, 2.05) is 0 Å². The van der Waals surface area contributed by atoms with Gasteiger partial charge in [-0.1, -0.05) is 29.3 Å². The van der Waals surface area contributed by atoms with Crippen molar-refractivity contribution in [3.63, 3.8) is 0 Å². The van der Waals surface area contributed by atoms with Gasteiger partial charge in [0.15, 0.2) is 0 Å². The van der Waals surface area contributed by atoms with E-state index in [4.69, 9.17) is 33.8 Å². The van der Waals surface area contributed by atoms with Crippen molar-refractivity contribution in [1.82, 2.24) is 5.43 Å². The fourth-order valence-corrected chi connectivity index (χ4v) is 2.49. The van der Waals surface area contributed by atoms with Gasteiger partial charge >= 0.3 is 0 Å². The van der Waals surface area contributed by atoms with Crippen molar-refractivity contribution in [2.24, 2.45) is 5.84 Å². The Kier molecular flexibility index (Phi) is 5.42. The molecule has 112 valence electrons. The van der Waals surface area contributed by atoms with Crippen LogP contribution in [0.15, 0.2) is 36.4 Å². The van der Waals surface area contributed by atoms with Gasteiger partial charge in [0.05, 0.1) is 13.2 Å². The maximum atomic E-state index is 14.1. The lowest BCUT2D eigenvalue weighted by Crippen LogP contribution is -2.30. The van der Waals surface area contributed by atoms with E-state index in [9.17, 15) is 4.39 Å². The second-order valence-electron chi connectivity index (χ2n) is 4.55. The summed E-state index contributed by atoms with van der Waals surface area (Å²) in [5.74, 6) is 5.61. The van der Waals surface area contributed by atoms with Gasteiger partial charge in [0.2, 0.25) is 0 Å². The second-order valence-corrected chi connectivity index (χ2v) is 5.39. The van der Waals surface area contributed by atoms with Gasteiger partial charge in [0.25, 0.3) is 0 Å². The smallest absolute Gasteiger partial charge is 0.131 e. The summed E-state index contributed by atoms with van der Waals surface area (Å²) in [5.41, 5.74) is 3.84. The van der Waals surface area contributed by atoms with Crippen LogP contribution >= 0.6 is 23.2 Å². The normalized spacial score (nSPS) is 12.2. The van der Waals surface area contributed by atoms with Crippen LogP contribution in [0.2, 0.25) is 10.0 Å². The van der Waals surface area contributed by atoms with Gasteiger partial charge in [-0.3, -0.25) is 11.3 Å². The van der Waals surface area contributed by atoms with Crippen LogP contribution in [-0.4, -0.2) is 7.11 Å². The first-order valence-corrected chi connectivity index (χ1v) is 7.04. The molecule has 0 heterocycles. The third-order valence-corrected chi connectivity index (χ3v) is 3.82. The third kappa shape index (κ3) is 3.86. The molecule has 21 heavy (non-hydrogen) atoms. The number of halogens is 3. The number of hydrazine groups is 1. The fourth-order valence-electron chi connectivity index (χ4n) is 2.10. The Bertz CT molecular complexity index is 637. The SMILES string of the molecule is COc1ccc(C(Cc2cc(Cl)ccc2Cl)NN)c(F)c1. The van der Waals surface area contributed by atoms with Crippen LogP contribution < -0.4 is 16.0 Å². The van der Waals surface area contributed by atoms with E-state index >= 15 is 0 Å². The first-order chi connectivity index (χ1) is 10.0. The lowest BCUT2D eigenvalue weighted by Gasteiger charge is -2.18. The molecule has 0 radical (unpaired) electrons. The Balaban J connectivity index is 2.29. The Morgan fingerprint density at radius 3 is 2.62 bits per heavy atom. The zero-order valence-corrected chi connectivity index (χ0v) is 12.9. The Morgan fingerprint density at radius 2 is 2.00 bits per heavy atom. The summed E-state index contributed by atoms with van der Waals surface area (Å²) >= 11 is 12.1. The molecule has 0 aliphatic rings. The van der Waals surface area contributed by atoms with Gasteiger partial charge in [-0.15, -0.1) is 0 Å². The molecule has 0 aliphatic heterocycles. The van der Waals surface area contributed by atoms with E-state index in [0.29, 0.717) is 27.8 Å². The molecule has 0 fully saturated rings. The highest BCUT2D eigenvalue weighted by Gasteiger charge is 2.17. The van der Waals surface area contributed by atoms with Gasteiger partial charge in [-0.2, -0.15) is 0 Å². The molecule has 0 spiro atoms. The van der Waals surface area contributed by atoms with E-state index in [0.717, 1.165) is 5.56 Å². The first kappa shape index (κ1) is 16.0. The Hall–Kier alpha value is -1.33. The van der Waals surface area contributed by atoms with E-state index in [1.54, 1.807) is 30.3 Å². The summed E-state index contributed by atoms with van der Waals surface area (Å²) < 4.78 is 19.1. The largest absolute Gasteiger partial charge is 0.497 e. The number of hydrogen-bond donors (Lipinski definition) is 2. The predicted octanol–water partition coefficient (Wildman–Crippen LogP) is 3.89. The number of nitrogens with one attached hydrogen (secondary N) is 1. The van der Waals surface area contributed by atoms with Crippen molar-refractivity contribution in [2.75, 3.05) is 7.11 Å². The summed E-state index contributed by atoms with van der Waals surface area (Å²) in [6, 6.07) is 9.37. The molecule has 2 rings (SSSR count). The van der Waals surface area contributed by atoms with Crippen LogP contribution in [0.25, 0.3) is 0 Å². The molecule has 0 aliphatic carbocycles. The number of ether oxygens (including phenoxy) is 1. The van der Waals surface area contributed by atoms with E-state index in [2.05, 4.69) is 5.43 Å². The van der Waals surface area contributed by atoms with Crippen molar-refractivity contribution >= 4 is 23.2 Å².